The minimum absolute atomic E-state index is 0.00119. The van der Waals surface area contributed by atoms with Crippen LogP contribution >= 0.6 is 0 Å². The quantitative estimate of drug-likeness (QED) is 0.807. The van der Waals surface area contributed by atoms with Gasteiger partial charge in [0.25, 0.3) is 11.5 Å². The fourth-order valence-corrected chi connectivity index (χ4v) is 3.74. The standard InChI is InChI=1S/C17H22N6O2/c1-21-11-15(18-20-21)17(25)22-7-5-12(6-8-22)10-23-16(24)9-13-3-2-4-14(13)19-23/h9,11-12H,2-8,10H2,1H3. The molecule has 0 aromatic carbocycles. The first-order valence-corrected chi connectivity index (χ1v) is 8.85. The van der Waals surface area contributed by atoms with E-state index in [1.54, 1.807) is 24.0 Å². The summed E-state index contributed by atoms with van der Waals surface area (Å²) in [6.07, 6.45) is 6.42. The van der Waals surface area contributed by atoms with Gasteiger partial charge in [-0.15, -0.1) is 5.10 Å². The van der Waals surface area contributed by atoms with E-state index in [2.05, 4.69) is 15.4 Å². The third-order valence-electron chi connectivity index (χ3n) is 5.18. The van der Waals surface area contributed by atoms with Crippen molar-refractivity contribution in [3.63, 3.8) is 0 Å². The number of nitrogens with zero attached hydrogens (tertiary/aromatic N) is 6. The number of fused-ring (bicyclic) bond motifs is 1. The maximum absolute atomic E-state index is 12.4. The van der Waals surface area contributed by atoms with Crippen LogP contribution in [0.3, 0.4) is 0 Å². The van der Waals surface area contributed by atoms with Crippen LogP contribution in [0, 0.1) is 5.92 Å². The Labute approximate surface area is 145 Å². The molecule has 0 spiro atoms. The van der Waals surface area contributed by atoms with Crippen molar-refractivity contribution < 1.29 is 4.79 Å². The zero-order valence-electron chi connectivity index (χ0n) is 14.4. The van der Waals surface area contributed by atoms with E-state index in [-0.39, 0.29) is 11.5 Å². The number of aromatic nitrogens is 5. The Morgan fingerprint density at radius 1 is 1.28 bits per heavy atom. The maximum atomic E-state index is 12.4. The zero-order chi connectivity index (χ0) is 17.4. The van der Waals surface area contributed by atoms with Crippen molar-refractivity contribution in [2.75, 3.05) is 13.1 Å². The van der Waals surface area contributed by atoms with E-state index in [9.17, 15) is 9.59 Å². The summed E-state index contributed by atoms with van der Waals surface area (Å²) in [4.78, 5) is 26.5. The molecule has 8 heteroatoms. The molecule has 1 saturated heterocycles. The third-order valence-corrected chi connectivity index (χ3v) is 5.18. The summed E-state index contributed by atoms with van der Waals surface area (Å²) in [7, 11) is 1.75. The summed E-state index contributed by atoms with van der Waals surface area (Å²) < 4.78 is 3.15. The van der Waals surface area contributed by atoms with Crippen LogP contribution < -0.4 is 5.56 Å². The van der Waals surface area contributed by atoms with Gasteiger partial charge < -0.3 is 4.90 Å². The van der Waals surface area contributed by atoms with Crippen molar-refractivity contribution in [2.45, 2.75) is 38.6 Å². The van der Waals surface area contributed by atoms with E-state index in [0.29, 0.717) is 31.2 Å². The maximum Gasteiger partial charge on any atom is 0.276 e. The van der Waals surface area contributed by atoms with Crippen LogP contribution in [0.1, 0.15) is 41.0 Å². The number of carbonyl (C=O) groups is 1. The Balaban J connectivity index is 1.38. The number of rotatable bonds is 3. The molecule has 2 aromatic heterocycles. The summed E-state index contributed by atoms with van der Waals surface area (Å²) in [5.41, 5.74) is 2.58. The highest BCUT2D eigenvalue weighted by molar-refractivity contribution is 5.91. The predicted octanol–water partition coefficient (Wildman–Crippen LogP) is 0.413. The number of aryl methyl sites for hydroxylation is 3. The zero-order valence-corrected chi connectivity index (χ0v) is 14.4. The van der Waals surface area contributed by atoms with Crippen molar-refractivity contribution in [2.24, 2.45) is 13.0 Å². The average Bonchev–Trinajstić information content (AvgIpc) is 3.24. The number of hydrogen-bond donors (Lipinski definition) is 0. The smallest absolute Gasteiger partial charge is 0.276 e. The predicted molar refractivity (Wildman–Crippen MR) is 90.2 cm³/mol. The van der Waals surface area contributed by atoms with Crippen LogP contribution in [0.25, 0.3) is 0 Å². The number of likely N-dealkylation sites (tertiary alicyclic amines) is 1. The lowest BCUT2D eigenvalue weighted by atomic mass is 9.96. The van der Waals surface area contributed by atoms with Crippen LogP contribution in [-0.4, -0.2) is 48.7 Å². The lowest BCUT2D eigenvalue weighted by Crippen LogP contribution is -2.40. The molecule has 1 fully saturated rings. The second-order valence-electron chi connectivity index (χ2n) is 7.00. The van der Waals surface area contributed by atoms with Crippen molar-refractivity contribution in [3.05, 3.63) is 39.6 Å². The van der Waals surface area contributed by atoms with Gasteiger partial charge >= 0.3 is 0 Å². The Kier molecular flexibility index (Phi) is 4.10. The Bertz CT molecular complexity index is 847. The van der Waals surface area contributed by atoms with Crippen molar-refractivity contribution in [1.29, 1.82) is 0 Å². The van der Waals surface area contributed by atoms with E-state index in [1.807, 2.05) is 4.90 Å². The van der Waals surface area contributed by atoms with Gasteiger partial charge in [0, 0.05) is 32.7 Å². The topological polar surface area (TPSA) is 85.9 Å². The summed E-state index contributed by atoms with van der Waals surface area (Å²) in [5, 5.41) is 12.3. The van der Waals surface area contributed by atoms with Gasteiger partial charge in [0.2, 0.25) is 0 Å². The molecular formula is C17H22N6O2. The fourth-order valence-electron chi connectivity index (χ4n) is 3.74. The molecule has 0 bridgehead atoms. The second kappa shape index (κ2) is 6.42. The normalized spacial score (nSPS) is 17.7. The summed E-state index contributed by atoms with van der Waals surface area (Å²) in [5.74, 6) is 0.301. The van der Waals surface area contributed by atoms with E-state index >= 15 is 0 Å². The first kappa shape index (κ1) is 16.0. The average molecular weight is 342 g/mol. The summed E-state index contributed by atoms with van der Waals surface area (Å²) in [6, 6.07) is 1.75. The van der Waals surface area contributed by atoms with Crippen LogP contribution in [0.2, 0.25) is 0 Å². The lowest BCUT2D eigenvalue weighted by Gasteiger charge is -2.31. The molecule has 1 aliphatic carbocycles. The molecule has 2 aromatic rings. The van der Waals surface area contributed by atoms with Gasteiger partial charge in [-0.25, -0.2) is 4.68 Å². The molecular weight excluding hydrogens is 320 g/mol. The number of amides is 1. The van der Waals surface area contributed by atoms with E-state index < -0.39 is 0 Å². The Morgan fingerprint density at radius 3 is 2.80 bits per heavy atom. The molecule has 0 atom stereocenters. The SMILES string of the molecule is Cn1cc(C(=O)N2CCC(Cn3nc4c(cc3=O)CCC4)CC2)nn1. The van der Waals surface area contributed by atoms with Crippen LogP contribution in [0.5, 0.6) is 0 Å². The molecule has 132 valence electrons. The molecule has 3 heterocycles. The second-order valence-corrected chi connectivity index (χ2v) is 7.00. The van der Waals surface area contributed by atoms with Gasteiger partial charge in [0.15, 0.2) is 5.69 Å². The Hall–Kier alpha value is -2.51. The first-order chi connectivity index (χ1) is 12.1. The van der Waals surface area contributed by atoms with Gasteiger partial charge in [-0.2, -0.15) is 5.10 Å². The van der Waals surface area contributed by atoms with Crippen LogP contribution in [0.15, 0.2) is 17.1 Å². The monoisotopic (exact) mass is 342 g/mol. The molecule has 2 aliphatic rings. The van der Waals surface area contributed by atoms with E-state index in [0.717, 1.165) is 43.4 Å². The highest BCUT2D eigenvalue weighted by Crippen LogP contribution is 2.21. The van der Waals surface area contributed by atoms with Crippen molar-refractivity contribution >= 4 is 5.91 Å². The number of carbonyl (C=O) groups excluding carboxylic acids is 1. The Morgan fingerprint density at radius 2 is 2.08 bits per heavy atom. The van der Waals surface area contributed by atoms with E-state index in [4.69, 9.17) is 0 Å². The van der Waals surface area contributed by atoms with Gasteiger partial charge in [0.05, 0.1) is 11.9 Å². The molecule has 1 aliphatic heterocycles. The summed E-state index contributed by atoms with van der Waals surface area (Å²) >= 11 is 0. The third kappa shape index (κ3) is 3.20. The highest BCUT2D eigenvalue weighted by Gasteiger charge is 2.26. The van der Waals surface area contributed by atoms with Gasteiger partial charge in [0.1, 0.15) is 0 Å². The van der Waals surface area contributed by atoms with Crippen LogP contribution in [0.4, 0.5) is 0 Å². The molecule has 0 unspecified atom stereocenters. The first-order valence-electron chi connectivity index (χ1n) is 8.85. The fraction of sp³-hybridized carbons (Fsp3) is 0.588. The van der Waals surface area contributed by atoms with Crippen molar-refractivity contribution in [1.82, 2.24) is 29.7 Å². The van der Waals surface area contributed by atoms with Gasteiger partial charge in [-0.05, 0) is 43.6 Å². The minimum atomic E-state index is -0.0700. The van der Waals surface area contributed by atoms with Gasteiger partial charge in [-0.1, -0.05) is 5.21 Å². The lowest BCUT2D eigenvalue weighted by molar-refractivity contribution is 0.0674. The molecule has 0 saturated carbocycles. The van der Waals surface area contributed by atoms with Gasteiger partial charge in [-0.3, -0.25) is 14.3 Å². The molecule has 0 radical (unpaired) electrons. The van der Waals surface area contributed by atoms with Crippen LogP contribution in [-0.2, 0) is 26.4 Å². The van der Waals surface area contributed by atoms with E-state index in [1.165, 1.54) is 4.68 Å². The number of piperidine rings is 1. The molecule has 25 heavy (non-hydrogen) atoms. The minimum Gasteiger partial charge on any atom is -0.337 e. The number of hydrogen-bond acceptors (Lipinski definition) is 5. The highest BCUT2D eigenvalue weighted by atomic mass is 16.2. The molecule has 4 rings (SSSR count). The molecule has 8 nitrogen and oxygen atoms in total. The summed E-state index contributed by atoms with van der Waals surface area (Å²) in [6.45, 7) is 2.00. The molecule has 0 N–H and O–H groups in total. The van der Waals surface area contributed by atoms with Crippen molar-refractivity contribution in [3.8, 4) is 0 Å². The molecule has 1 amide bonds. The largest absolute Gasteiger partial charge is 0.337 e.